The number of hydrogen-bond acceptors (Lipinski definition) is 3. The van der Waals surface area contributed by atoms with Crippen molar-refractivity contribution in [2.45, 2.75) is 39.3 Å². The second kappa shape index (κ2) is 6.96. The van der Waals surface area contributed by atoms with Gasteiger partial charge in [0.2, 0.25) is 5.91 Å². The summed E-state index contributed by atoms with van der Waals surface area (Å²) in [5, 5.41) is 2.87. The number of urea groups is 1. The highest BCUT2D eigenvalue weighted by Gasteiger charge is 2.28. The van der Waals surface area contributed by atoms with Crippen LogP contribution >= 0.6 is 0 Å². The Kier molecular flexibility index (Phi) is 4.74. The SMILES string of the molecule is Cc1cnc(CN(C)C(=O)Nc2cccc(N3C(=O)CCC3C)c2)[nH]1. The monoisotopic (exact) mass is 341 g/mol. The van der Waals surface area contributed by atoms with Crippen LogP contribution in [0.2, 0.25) is 0 Å². The average molecular weight is 341 g/mol. The molecular formula is C18H23N5O2. The third-order valence-electron chi connectivity index (χ3n) is 4.35. The van der Waals surface area contributed by atoms with Gasteiger partial charge in [0.05, 0.1) is 6.54 Å². The Balaban J connectivity index is 1.67. The minimum absolute atomic E-state index is 0.126. The highest BCUT2D eigenvalue weighted by molar-refractivity contribution is 5.97. The number of aromatic nitrogens is 2. The molecule has 1 aliphatic rings. The Labute approximate surface area is 147 Å². The highest BCUT2D eigenvalue weighted by Crippen LogP contribution is 2.28. The fraction of sp³-hybridized carbons (Fsp3) is 0.389. The summed E-state index contributed by atoms with van der Waals surface area (Å²) in [6.45, 7) is 4.35. The van der Waals surface area contributed by atoms with E-state index in [4.69, 9.17) is 0 Å². The van der Waals surface area contributed by atoms with E-state index < -0.39 is 0 Å². The molecule has 1 aromatic carbocycles. The Bertz CT molecular complexity index is 785. The summed E-state index contributed by atoms with van der Waals surface area (Å²) in [5.74, 6) is 0.863. The lowest BCUT2D eigenvalue weighted by molar-refractivity contribution is -0.117. The molecule has 0 bridgehead atoms. The molecule has 2 N–H and O–H groups in total. The van der Waals surface area contributed by atoms with Crippen molar-refractivity contribution in [2.75, 3.05) is 17.3 Å². The second-order valence-electron chi connectivity index (χ2n) is 6.50. The summed E-state index contributed by atoms with van der Waals surface area (Å²) in [5.41, 5.74) is 2.44. The first-order valence-electron chi connectivity index (χ1n) is 8.39. The van der Waals surface area contributed by atoms with Crippen LogP contribution in [0.15, 0.2) is 30.5 Å². The number of anilines is 2. The molecule has 0 saturated carbocycles. The van der Waals surface area contributed by atoms with Gasteiger partial charge in [-0.1, -0.05) is 6.07 Å². The van der Waals surface area contributed by atoms with Gasteiger partial charge in [0.25, 0.3) is 0 Å². The van der Waals surface area contributed by atoms with E-state index in [2.05, 4.69) is 15.3 Å². The Morgan fingerprint density at radius 3 is 2.92 bits per heavy atom. The number of nitrogens with zero attached hydrogens (tertiary/aromatic N) is 3. The number of aryl methyl sites for hydroxylation is 1. The molecule has 1 aliphatic heterocycles. The van der Waals surface area contributed by atoms with Gasteiger partial charge in [0.1, 0.15) is 5.82 Å². The fourth-order valence-electron chi connectivity index (χ4n) is 3.02. The fourth-order valence-corrected chi connectivity index (χ4v) is 3.02. The third-order valence-corrected chi connectivity index (χ3v) is 4.35. The van der Waals surface area contributed by atoms with E-state index in [0.29, 0.717) is 18.7 Å². The van der Waals surface area contributed by atoms with Crippen molar-refractivity contribution in [3.8, 4) is 0 Å². The van der Waals surface area contributed by atoms with E-state index >= 15 is 0 Å². The van der Waals surface area contributed by atoms with Crippen molar-refractivity contribution in [2.24, 2.45) is 0 Å². The molecule has 2 heterocycles. The maximum Gasteiger partial charge on any atom is 0.321 e. The van der Waals surface area contributed by atoms with Crippen LogP contribution in [0.1, 0.15) is 31.3 Å². The number of amides is 3. The number of imidazole rings is 1. The number of carbonyl (C=O) groups excluding carboxylic acids is 2. The first-order chi connectivity index (χ1) is 11.9. The molecule has 3 amide bonds. The summed E-state index contributed by atoms with van der Waals surface area (Å²) in [7, 11) is 1.71. The molecule has 1 saturated heterocycles. The van der Waals surface area contributed by atoms with E-state index in [1.54, 1.807) is 23.0 Å². The predicted octanol–water partition coefficient (Wildman–Crippen LogP) is 2.90. The number of nitrogens with one attached hydrogen (secondary N) is 2. The molecule has 1 aromatic heterocycles. The molecule has 0 radical (unpaired) electrons. The van der Waals surface area contributed by atoms with Crippen molar-refractivity contribution in [3.63, 3.8) is 0 Å². The maximum absolute atomic E-state index is 12.4. The lowest BCUT2D eigenvalue weighted by atomic mass is 10.2. The van der Waals surface area contributed by atoms with Crippen molar-refractivity contribution in [3.05, 3.63) is 42.0 Å². The van der Waals surface area contributed by atoms with Crippen molar-refractivity contribution in [1.82, 2.24) is 14.9 Å². The molecule has 0 aliphatic carbocycles. The quantitative estimate of drug-likeness (QED) is 0.897. The number of hydrogen-bond donors (Lipinski definition) is 2. The molecular weight excluding hydrogens is 318 g/mol. The molecule has 132 valence electrons. The minimum atomic E-state index is -0.230. The molecule has 2 aromatic rings. The van der Waals surface area contributed by atoms with E-state index in [-0.39, 0.29) is 18.0 Å². The summed E-state index contributed by atoms with van der Waals surface area (Å²) < 4.78 is 0. The molecule has 7 nitrogen and oxygen atoms in total. The van der Waals surface area contributed by atoms with Crippen molar-refractivity contribution >= 4 is 23.3 Å². The summed E-state index contributed by atoms with van der Waals surface area (Å²) in [4.78, 5) is 35.1. The summed E-state index contributed by atoms with van der Waals surface area (Å²) >= 11 is 0. The number of carbonyl (C=O) groups is 2. The number of benzene rings is 1. The van der Waals surface area contributed by atoms with Gasteiger partial charge >= 0.3 is 6.03 Å². The Morgan fingerprint density at radius 2 is 2.28 bits per heavy atom. The normalized spacial score (nSPS) is 17.0. The van der Waals surface area contributed by atoms with E-state index in [9.17, 15) is 9.59 Å². The van der Waals surface area contributed by atoms with Crippen LogP contribution in [0.3, 0.4) is 0 Å². The average Bonchev–Trinajstić information content (AvgIpc) is 3.13. The Hall–Kier alpha value is -2.83. The lowest BCUT2D eigenvalue weighted by Crippen LogP contribution is -2.32. The zero-order valence-corrected chi connectivity index (χ0v) is 14.7. The number of rotatable bonds is 4. The van der Waals surface area contributed by atoms with Gasteiger partial charge in [0.15, 0.2) is 0 Å². The van der Waals surface area contributed by atoms with E-state index in [1.165, 1.54) is 0 Å². The lowest BCUT2D eigenvalue weighted by Gasteiger charge is -2.23. The molecule has 1 fully saturated rings. The predicted molar refractivity (Wildman–Crippen MR) is 96.4 cm³/mol. The molecule has 0 spiro atoms. The van der Waals surface area contributed by atoms with Crippen LogP contribution in [-0.4, -0.2) is 39.9 Å². The van der Waals surface area contributed by atoms with Crippen LogP contribution in [0.5, 0.6) is 0 Å². The van der Waals surface area contributed by atoms with Crippen LogP contribution in [0.25, 0.3) is 0 Å². The van der Waals surface area contributed by atoms with Gasteiger partial charge in [-0.15, -0.1) is 0 Å². The van der Waals surface area contributed by atoms with Crippen LogP contribution in [0, 0.1) is 6.92 Å². The topological polar surface area (TPSA) is 81.3 Å². The maximum atomic E-state index is 12.4. The first kappa shape index (κ1) is 17.0. The Morgan fingerprint density at radius 1 is 1.48 bits per heavy atom. The summed E-state index contributed by atoms with van der Waals surface area (Å²) in [6, 6.07) is 7.35. The van der Waals surface area contributed by atoms with E-state index in [0.717, 1.165) is 23.6 Å². The molecule has 25 heavy (non-hydrogen) atoms. The molecule has 7 heteroatoms. The van der Waals surface area contributed by atoms with Gasteiger partial charge in [-0.05, 0) is 38.5 Å². The standard InChI is InChI=1S/C18H23N5O2/c1-12-10-19-16(20-12)11-22(3)18(25)21-14-5-4-6-15(9-14)23-13(2)7-8-17(23)24/h4-6,9-10,13H,7-8,11H2,1-3H3,(H,19,20)(H,21,25). The number of H-pyrrole nitrogens is 1. The van der Waals surface area contributed by atoms with Gasteiger partial charge in [-0.2, -0.15) is 0 Å². The zero-order valence-electron chi connectivity index (χ0n) is 14.7. The van der Waals surface area contributed by atoms with Crippen molar-refractivity contribution < 1.29 is 9.59 Å². The van der Waals surface area contributed by atoms with Crippen LogP contribution in [-0.2, 0) is 11.3 Å². The smallest absolute Gasteiger partial charge is 0.321 e. The first-order valence-corrected chi connectivity index (χ1v) is 8.39. The minimum Gasteiger partial charge on any atom is -0.345 e. The van der Waals surface area contributed by atoms with Crippen LogP contribution < -0.4 is 10.2 Å². The molecule has 3 rings (SSSR count). The van der Waals surface area contributed by atoms with Crippen LogP contribution in [0.4, 0.5) is 16.2 Å². The second-order valence-corrected chi connectivity index (χ2v) is 6.50. The third kappa shape index (κ3) is 3.81. The zero-order chi connectivity index (χ0) is 18.0. The van der Waals surface area contributed by atoms with E-state index in [1.807, 2.05) is 38.1 Å². The molecule has 1 unspecified atom stereocenters. The summed E-state index contributed by atoms with van der Waals surface area (Å²) in [6.07, 6.45) is 3.17. The molecule has 1 atom stereocenters. The van der Waals surface area contributed by atoms with Gasteiger partial charge in [0, 0.05) is 42.8 Å². The van der Waals surface area contributed by atoms with Gasteiger partial charge in [-0.25, -0.2) is 9.78 Å². The van der Waals surface area contributed by atoms with Crippen molar-refractivity contribution in [1.29, 1.82) is 0 Å². The van der Waals surface area contributed by atoms with Gasteiger partial charge in [-0.3, -0.25) is 4.79 Å². The largest absolute Gasteiger partial charge is 0.345 e. The van der Waals surface area contributed by atoms with Gasteiger partial charge < -0.3 is 20.1 Å². The number of aromatic amines is 1. The highest BCUT2D eigenvalue weighted by atomic mass is 16.2.